The Bertz CT molecular complexity index is 704. The number of amides is 1. The molecule has 3 nitrogen and oxygen atoms in total. The van der Waals surface area contributed by atoms with Crippen molar-refractivity contribution < 1.29 is 4.79 Å². The molecule has 0 aromatic heterocycles. The molecule has 1 amide bonds. The molecule has 120 valence electrons. The third-order valence-corrected chi connectivity index (χ3v) is 4.76. The summed E-state index contributed by atoms with van der Waals surface area (Å²) < 4.78 is 0.982. The van der Waals surface area contributed by atoms with Crippen LogP contribution in [0.2, 0.25) is 5.02 Å². The van der Waals surface area contributed by atoms with Crippen LogP contribution in [0, 0.1) is 0 Å². The minimum atomic E-state index is -0.0965. The van der Waals surface area contributed by atoms with Gasteiger partial charge in [0.25, 0.3) is 0 Å². The minimum Gasteiger partial charge on any atom is -0.273 e. The molecule has 0 fully saturated rings. The highest BCUT2D eigenvalue weighted by atomic mass is 79.9. The van der Waals surface area contributed by atoms with E-state index in [2.05, 4.69) is 26.5 Å². The second-order valence-electron chi connectivity index (χ2n) is 4.79. The van der Waals surface area contributed by atoms with Crippen molar-refractivity contribution in [2.75, 3.05) is 5.75 Å². The fraction of sp³-hybridized carbons (Fsp3) is 0.176. The minimum absolute atomic E-state index is 0.0965. The standard InChI is InChI=1S/C17H16BrClN2OS/c1-12(13-3-2-4-14(18)11-13)20-21-17(22)9-10-23-16-7-5-15(19)6-8-16/h2-8,11H,9-10H2,1H3,(H,21,22)/b20-12-. The summed E-state index contributed by atoms with van der Waals surface area (Å²) in [5.41, 5.74) is 4.33. The van der Waals surface area contributed by atoms with Crippen molar-refractivity contribution in [3.63, 3.8) is 0 Å². The van der Waals surface area contributed by atoms with Gasteiger partial charge < -0.3 is 0 Å². The van der Waals surface area contributed by atoms with Gasteiger partial charge in [0, 0.05) is 26.6 Å². The van der Waals surface area contributed by atoms with Crippen LogP contribution >= 0.6 is 39.3 Å². The van der Waals surface area contributed by atoms with Crippen LogP contribution in [0.1, 0.15) is 18.9 Å². The summed E-state index contributed by atoms with van der Waals surface area (Å²) in [6.45, 7) is 1.87. The first-order chi connectivity index (χ1) is 11.0. The highest BCUT2D eigenvalue weighted by molar-refractivity contribution is 9.10. The van der Waals surface area contributed by atoms with Gasteiger partial charge in [-0.3, -0.25) is 4.79 Å². The second kappa shape index (κ2) is 9.11. The lowest BCUT2D eigenvalue weighted by Gasteiger charge is -2.04. The number of carbonyl (C=O) groups excluding carboxylic acids is 1. The van der Waals surface area contributed by atoms with Crippen LogP contribution in [0.25, 0.3) is 0 Å². The van der Waals surface area contributed by atoms with Crippen molar-refractivity contribution >= 4 is 50.9 Å². The van der Waals surface area contributed by atoms with Gasteiger partial charge in [-0.25, -0.2) is 5.43 Å². The SMILES string of the molecule is C/C(=N/NC(=O)CCSc1ccc(Cl)cc1)c1cccc(Br)c1. The number of hydrazone groups is 1. The normalized spacial score (nSPS) is 11.3. The van der Waals surface area contributed by atoms with Crippen molar-refractivity contribution in [2.45, 2.75) is 18.2 Å². The number of nitrogens with one attached hydrogen (secondary N) is 1. The van der Waals surface area contributed by atoms with Gasteiger partial charge in [-0.2, -0.15) is 5.10 Å². The summed E-state index contributed by atoms with van der Waals surface area (Å²) in [7, 11) is 0. The molecule has 0 atom stereocenters. The number of hydrogen-bond donors (Lipinski definition) is 1. The highest BCUT2D eigenvalue weighted by Crippen LogP contribution is 2.20. The maximum absolute atomic E-state index is 11.8. The molecule has 0 aliphatic rings. The summed E-state index contributed by atoms with van der Waals surface area (Å²) in [6, 6.07) is 15.4. The lowest BCUT2D eigenvalue weighted by molar-refractivity contribution is -0.120. The van der Waals surface area contributed by atoms with Gasteiger partial charge in [-0.05, 0) is 48.9 Å². The van der Waals surface area contributed by atoms with Crippen LogP contribution in [-0.4, -0.2) is 17.4 Å². The number of benzene rings is 2. The van der Waals surface area contributed by atoms with E-state index in [4.69, 9.17) is 11.6 Å². The Morgan fingerprint density at radius 2 is 2.00 bits per heavy atom. The molecular formula is C17H16BrClN2OS. The quantitative estimate of drug-likeness (QED) is 0.407. The van der Waals surface area contributed by atoms with E-state index in [1.54, 1.807) is 11.8 Å². The zero-order valence-corrected chi connectivity index (χ0v) is 15.7. The summed E-state index contributed by atoms with van der Waals surface area (Å²) >= 11 is 10.9. The summed E-state index contributed by atoms with van der Waals surface area (Å²) in [4.78, 5) is 12.9. The number of halogens is 2. The molecule has 0 radical (unpaired) electrons. The van der Waals surface area contributed by atoms with E-state index < -0.39 is 0 Å². The molecule has 0 saturated carbocycles. The topological polar surface area (TPSA) is 41.5 Å². The number of rotatable bonds is 6. The van der Waals surface area contributed by atoms with E-state index in [9.17, 15) is 4.79 Å². The van der Waals surface area contributed by atoms with E-state index in [-0.39, 0.29) is 5.91 Å². The third-order valence-electron chi connectivity index (χ3n) is 3.00. The number of carbonyl (C=O) groups is 1. The van der Waals surface area contributed by atoms with Crippen LogP contribution in [0.3, 0.4) is 0 Å². The van der Waals surface area contributed by atoms with Crippen molar-refractivity contribution in [1.82, 2.24) is 5.43 Å². The highest BCUT2D eigenvalue weighted by Gasteiger charge is 2.03. The largest absolute Gasteiger partial charge is 0.273 e. The molecule has 0 spiro atoms. The zero-order valence-electron chi connectivity index (χ0n) is 12.6. The Balaban J connectivity index is 1.78. The molecule has 0 aliphatic carbocycles. The molecule has 0 bridgehead atoms. The molecular weight excluding hydrogens is 396 g/mol. The molecule has 0 unspecified atom stereocenters. The average molecular weight is 412 g/mol. The monoisotopic (exact) mass is 410 g/mol. The Morgan fingerprint density at radius 3 is 2.70 bits per heavy atom. The van der Waals surface area contributed by atoms with Gasteiger partial charge in [0.05, 0.1) is 5.71 Å². The number of hydrogen-bond acceptors (Lipinski definition) is 3. The fourth-order valence-electron chi connectivity index (χ4n) is 1.77. The van der Waals surface area contributed by atoms with Crippen molar-refractivity contribution in [2.24, 2.45) is 5.10 Å². The number of nitrogens with zero attached hydrogens (tertiary/aromatic N) is 1. The molecule has 0 heterocycles. The van der Waals surface area contributed by atoms with E-state index in [0.717, 1.165) is 20.6 Å². The van der Waals surface area contributed by atoms with E-state index >= 15 is 0 Å². The predicted octanol–water partition coefficient (Wildman–Crippen LogP) is 5.13. The van der Waals surface area contributed by atoms with Gasteiger partial charge in [0.1, 0.15) is 0 Å². The van der Waals surface area contributed by atoms with Crippen LogP contribution in [0.4, 0.5) is 0 Å². The third kappa shape index (κ3) is 6.37. The average Bonchev–Trinajstić information content (AvgIpc) is 2.54. The molecule has 1 N–H and O–H groups in total. The van der Waals surface area contributed by atoms with Crippen molar-refractivity contribution in [1.29, 1.82) is 0 Å². The maximum atomic E-state index is 11.8. The van der Waals surface area contributed by atoms with Crippen molar-refractivity contribution in [3.05, 3.63) is 63.6 Å². The molecule has 0 saturated heterocycles. The first kappa shape index (κ1) is 18.0. The van der Waals surface area contributed by atoms with Crippen molar-refractivity contribution in [3.8, 4) is 0 Å². The van der Waals surface area contributed by atoms with Gasteiger partial charge in [-0.1, -0.05) is 39.7 Å². The number of thioether (sulfide) groups is 1. The lowest BCUT2D eigenvalue weighted by Crippen LogP contribution is -2.19. The summed E-state index contributed by atoms with van der Waals surface area (Å²) in [5.74, 6) is 0.597. The first-order valence-electron chi connectivity index (χ1n) is 7.02. The van der Waals surface area contributed by atoms with Gasteiger partial charge >= 0.3 is 0 Å². The van der Waals surface area contributed by atoms with E-state index in [0.29, 0.717) is 17.2 Å². The Morgan fingerprint density at radius 1 is 1.26 bits per heavy atom. The smallest absolute Gasteiger partial charge is 0.240 e. The molecule has 23 heavy (non-hydrogen) atoms. The molecule has 0 aliphatic heterocycles. The molecule has 2 aromatic carbocycles. The van der Waals surface area contributed by atoms with Crippen LogP contribution < -0.4 is 5.43 Å². The lowest BCUT2D eigenvalue weighted by atomic mass is 10.1. The Labute approximate surface area is 153 Å². The van der Waals surface area contributed by atoms with Crippen LogP contribution in [-0.2, 0) is 4.79 Å². The van der Waals surface area contributed by atoms with E-state index in [1.165, 1.54) is 0 Å². The summed E-state index contributed by atoms with van der Waals surface area (Å²) in [6.07, 6.45) is 0.405. The Kier molecular flexibility index (Phi) is 7.15. The van der Waals surface area contributed by atoms with E-state index in [1.807, 2.05) is 55.5 Å². The second-order valence-corrected chi connectivity index (χ2v) is 7.32. The predicted molar refractivity (Wildman–Crippen MR) is 101 cm³/mol. The van der Waals surface area contributed by atoms with Gasteiger partial charge in [0.2, 0.25) is 5.91 Å². The first-order valence-corrected chi connectivity index (χ1v) is 9.17. The van der Waals surface area contributed by atoms with Gasteiger partial charge in [0.15, 0.2) is 0 Å². The Hall–Kier alpha value is -1.30. The zero-order chi connectivity index (χ0) is 16.7. The molecule has 6 heteroatoms. The molecule has 2 aromatic rings. The summed E-state index contributed by atoms with van der Waals surface area (Å²) in [5, 5.41) is 4.85. The van der Waals surface area contributed by atoms with Crippen LogP contribution in [0.5, 0.6) is 0 Å². The van der Waals surface area contributed by atoms with Gasteiger partial charge in [-0.15, -0.1) is 11.8 Å². The maximum Gasteiger partial charge on any atom is 0.240 e. The fourth-order valence-corrected chi connectivity index (χ4v) is 3.15. The van der Waals surface area contributed by atoms with Crippen LogP contribution in [0.15, 0.2) is 63.0 Å². The molecule has 2 rings (SSSR count).